The maximum absolute atomic E-state index is 12.5. The van der Waals surface area contributed by atoms with E-state index in [1.165, 1.54) is 83.5 Å². The first-order valence-electron chi connectivity index (χ1n) is 17.6. The van der Waals surface area contributed by atoms with Crippen molar-refractivity contribution in [1.29, 1.82) is 0 Å². The van der Waals surface area contributed by atoms with Crippen LogP contribution in [-0.4, -0.2) is 25.2 Å². The summed E-state index contributed by atoms with van der Waals surface area (Å²) >= 11 is 0. The van der Waals surface area contributed by atoms with Crippen molar-refractivity contribution in [3.8, 4) is 0 Å². The summed E-state index contributed by atoms with van der Waals surface area (Å²) in [6.45, 7) is 14.4. The zero-order valence-electron chi connectivity index (χ0n) is 27.9. The van der Waals surface area contributed by atoms with Crippen molar-refractivity contribution < 1.29 is 19.1 Å². The van der Waals surface area contributed by atoms with E-state index in [1.54, 1.807) is 0 Å². The van der Waals surface area contributed by atoms with E-state index in [4.69, 9.17) is 9.47 Å². The van der Waals surface area contributed by atoms with E-state index in [0.29, 0.717) is 25.6 Å². The van der Waals surface area contributed by atoms with Crippen LogP contribution in [0.3, 0.4) is 0 Å². The Balaban J connectivity index is 3.47. The number of esters is 2. The molecule has 0 rings (SSSR count). The molecule has 0 aromatic rings. The molecule has 1 atom stereocenters. The molecule has 1 unspecified atom stereocenters. The summed E-state index contributed by atoms with van der Waals surface area (Å²) in [5, 5.41) is 0. The molecular formula is C36H70O4. The maximum atomic E-state index is 12.5. The van der Waals surface area contributed by atoms with Crippen molar-refractivity contribution in [2.45, 2.75) is 183 Å². The monoisotopic (exact) mass is 567 g/mol. The highest BCUT2D eigenvalue weighted by Crippen LogP contribution is 2.22. The lowest BCUT2D eigenvalue weighted by Crippen LogP contribution is -2.23. The van der Waals surface area contributed by atoms with Gasteiger partial charge in [-0.3, -0.25) is 9.59 Å². The van der Waals surface area contributed by atoms with Gasteiger partial charge in [0.25, 0.3) is 0 Å². The molecule has 0 aliphatic carbocycles. The summed E-state index contributed by atoms with van der Waals surface area (Å²) < 4.78 is 10.9. The SMILES string of the molecule is CC(C)CCCCOC(=O)CCCCCCCCCCCCCCCCC(C(=O)OCCCCC(C)C)C(C)C. The molecule has 0 bridgehead atoms. The molecule has 0 saturated carbocycles. The van der Waals surface area contributed by atoms with E-state index >= 15 is 0 Å². The van der Waals surface area contributed by atoms with Crippen LogP contribution < -0.4 is 0 Å². The van der Waals surface area contributed by atoms with Crippen molar-refractivity contribution in [2.24, 2.45) is 23.7 Å². The number of hydrogen-bond acceptors (Lipinski definition) is 4. The molecule has 40 heavy (non-hydrogen) atoms. The molecule has 0 N–H and O–H groups in total. The first kappa shape index (κ1) is 38.9. The van der Waals surface area contributed by atoms with Gasteiger partial charge in [-0.05, 0) is 56.3 Å². The van der Waals surface area contributed by atoms with Crippen molar-refractivity contribution in [3.63, 3.8) is 0 Å². The Kier molecular flexibility index (Phi) is 27.3. The van der Waals surface area contributed by atoms with Crippen molar-refractivity contribution in [1.82, 2.24) is 0 Å². The van der Waals surface area contributed by atoms with Crippen LogP contribution in [0.25, 0.3) is 0 Å². The lowest BCUT2D eigenvalue weighted by atomic mass is 9.90. The fraction of sp³-hybridized carbons (Fsp3) is 0.944. The molecular weight excluding hydrogens is 496 g/mol. The van der Waals surface area contributed by atoms with E-state index in [0.717, 1.165) is 63.2 Å². The standard InChI is InChI=1S/C36H70O4/c1-31(2)25-21-23-29-39-35(37)28-20-18-16-14-12-10-8-7-9-11-13-15-17-19-27-34(33(5)6)36(38)40-30-24-22-26-32(3)4/h31-34H,7-30H2,1-6H3. The molecule has 0 amide bonds. The predicted octanol–water partition coefficient (Wildman–Crippen LogP) is 11.2. The van der Waals surface area contributed by atoms with Gasteiger partial charge in [-0.25, -0.2) is 0 Å². The fourth-order valence-electron chi connectivity index (χ4n) is 5.33. The number of hydrogen-bond donors (Lipinski definition) is 0. The Bertz CT molecular complexity index is 569. The number of rotatable bonds is 29. The van der Waals surface area contributed by atoms with Gasteiger partial charge >= 0.3 is 11.9 Å². The zero-order chi connectivity index (χ0) is 29.8. The lowest BCUT2D eigenvalue weighted by molar-refractivity contribution is -0.150. The second-order valence-electron chi connectivity index (χ2n) is 13.5. The van der Waals surface area contributed by atoms with Gasteiger partial charge in [0.15, 0.2) is 0 Å². The Hall–Kier alpha value is -1.06. The highest BCUT2D eigenvalue weighted by molar-refractivity contribution is 5.72. The molecule has 0 aliphatic rings. The molecule has 0 aromatic carbocycles. The van der Waals surface area contributed by atoms with Crippen molar-refractivity contribution in [3.05, 3.63) is 0 Å². The van der Waals surface area contributed by atoms with Crippen LogP contribution in [0.5, 0.6) is 0 Å². The quantitative estimate of drug-likeness (QED) is 0.0667. The minimum atomic E-state index is -0.00717. The highest BCUT2D eigenvalue weighted by atomic mass is 16.5. The fourth-order valence-corrected chi connectivity index (χ4v) is 5.33. The summed E-state index contributed by atoms with van der Waals surface area (Å²) in [6.07, 6.45) is 26.1. The van der Waals surface area contributed by atoms with Crippen molar-refractivity contribution in [2.75, 3.05) is 13.2 Å². The third-order valence-corrected chi connectivity index (χ3v) is 8.11. The van der Waals surface area contributed by atoms with Gasteiger partial charge in [-0.15, -0.1) is 0 Å². The van der Waals surface area contributed by atoms with Crippen LogP contribution in [0.15, 0.2) is 0 Å². The van der Waals surface area contributed by atoms with Crippen LogP contribution in [0.2, 0.25) is 0 Å². The maximum Gasteiger partial charge on any atom is 0.309 e. The van der Waals surface area contributed by atoms with Crippen LogP contribution in [0, 0.1) is 23.7 Å². The minimum absolute atomic E-state index is 0.00717. The Morgan fingerprint density at radius 1 is 0.450 bits per heavy atom. The molecule has 238 valence electrons. The van der Waals surface area contributed by atoms with Gasteiger partial charge in [0.1, 0.15) is 0 Å². The van der Waals surface area contributed by atoms with Gasteiger partial charge in [0.05, 0.1) is 19.1 Å². The number of carbonyl (C=O) groups excluding carboxylic acids is 2. The molecule has 0 aliphatic heterocycles. The summed E-state index contributed by atoms with van der Waals surface area (Å²) in [4.78, 5) is 24.3. The highest BCUT2D eigenvalue weighted by Gasteiger charge is 2.23. The molecule has 0 aromatic heterocycles. The third kappa shape index (κ3) is 27.1. The first-order valence-corrected chi connectivity index (χ1v) is 17.6. The van der Waals surface area contributed by atoms with Crippen LogP contribution in [-0.2, 0) is 19.1 Å². The zero-order valence-corrected chi connectivity index (χ0v) is 27.9. The lowest BCUT2D eigenvalue weighted by Gasteiger charge is -2.19. The first-order chi connectivity index (χ1) is 19.2. The Labute approximate surface area is 250 Å². The van der Waals surface area contributed by atoms with Gasteiger partial charge < -0.3 is 9.47 Å². The number of carbonyl (C=O) groups is 2. The van der Waals surface area contributed by atoms with Crippen LogP contribution >= 0.6 is 0 Å². The van der Waals surface area contributed by atoms with Gasteiger partial charge in [-0.1, -0.05) is 138 Å². The molecule has 0 saturated heterocycles. The normalized spacial score (nSPS) is 12.4. The van der Waals surface area contributed by atoms with Crippen LogP contribution in [0.1, 0.15) is 183 Å². The van der Waals surface area contributed by atoms with Gasteiger partial charge in [0, 0.05) is 6.42 Å². The van der Waals surface area contributed by atoms with E-state index < -0.39 is 0 Å². The molecule has 4 nitrogen and oxygen atoms in total. The summed E-state index contributed by atoms with van der Waals surface area (Å²) in [5.41, 5.74) is 0. The predicted molar refractivity (Wildman–Crippen MR) is 171 cm³/mol. The Morgan fingerprint density at radius 2 is 0.825 bits per heavy atom. The number of ether oxygens (including phenoxy) is 2. The molecule has 0 spiro atoms. The van der Waals surface area contributed by atoms with E-state index in [2.05, 4.69) is 41.5 Å². The summed E-state index contributed by atoms with van der Waals surface area (Å²) in [5.74, 6) is 1.91. The van der Waals surface area contributed by atoms with E-state index in [-0.39, 0.29) is 17.9 Å². The summed E-state index contributed by atoms with van der Waals surface area (Å²) in [6, 6.07) is 0. The number of unbranched alkanes of at least 4 members (excludes halogenated alkanes) is 15. The van der Waals surface area contributed by atoms with Gasteiger partial charge in [-0.2, -0.15) is 0 Å². The van der Waals surface area contributed by atoms with Gasteiger partial charge in [0.2, 0.25) is 0 Å². The molecule has 4 heteroatoms. The summed E-state index contributed by atoms with van der Waals surface area (Å²) in [7, 11) is 0. The largest absolute Gasteiger partial charge is 0.466 e. The molecule has 0 heterocycles. The third-order valence-electron chi connectivity index (χ3n) is 8.11. The van der Waals surface area contributed by atoms with E-state index in [1.807, 2.05) is 0 Å². The second kappa shape index (κ2) is 28.1. The average molecular weight is 567 g/mol. The molecule has 0 radical (unpaired) electrons. The topological polar surface area (TPSA) is 52.6 Å². The molecule has 0 fully saturated rings. The smallest absolute Gasteiger partial charge is 0.309 e. The minimum Gasteiger partial charge on any atom is -0.466 e. The second-order valence-corrected chi connectivity index (χ2v) is 13.5. The van der Waals surface area contributed by atoms with Crippen LogP contribution in [0.4, 0.5) is 0 Å². The van der Waals surface area contributed by atoms with E-state index in [9.17, 15) is 9.59 Å². The Morgan fingerprint density at radius 3 is 1.25 bits per heavy atom. The van der Waals surface area contributed by atoms with Crippen molar-refractivity contribution >= 4 is 11.9 Å². The average Bonchev–Trinajstić information content (AvgIpc) is 2.89.